The number of furan rings is 1. The Morgan fingerprint density at radius 1 is 1.06 bits per heavy atom. The largest absolute Gasteiger partial charge is 0.463 e. The van der Waals surface area contributed by atoms with E-state index in [1.54, 1.807) is 60.5 Å². The summed E-state index contributed by atoms with van der Waals surface area (Å²) in [5.41, 5.74) is 3.47. The molecule has 4 aromatic rings. The second-order valence-corrected chi connectivity index (χ2v) is 7.62. The highest BCUT2D eigenvalue weighted by Crippen LogP contribution is 2.28. The van der Waals surface area contributed by atoms with Crippen molar-refractivity contribution in [1.82, 2.24) is 14.8 Å². The zero-order chi connectivity index (χ0) is 22.1. The molecule has 0 aliphatic rings. The van der Waals surface area contributed by atoms with Crippen molar-refractivity contribution >= 4 is 34.2 Å². The summed E-state index contributed by atoms with van der Waals surface area (Å²) in [6, 6.07) is 12.3. The molecule has 0 saturated carbocycles. The van der Waals surface area contributed by atoms with Crippen LogP contribution < -0.4 is 10.6 Å². The van der Waals surface area contributed by atoms with E-state index in [-0.39, 0.29) is 17.7 Å². The third-order valence-corrected chi connectivity index (χ3v) is 4.90. The van der Waals surface area contributed by atoms with Gasteiger partial charge in [0, 0.05) is 24.3 Å². The van der Waals surface area contributed by atoms with Crippen LogP contribution in [0.15, 0.2) is 53.1 Å². The molecule has 1 aromatic carbocycles. The molecule has 0 bridgehead atoms. The topological polar surface area (TPSA) is 102 Å². The maximum Gasteiger partial charge on any atom is 0.256 e. The van der Waals surface area contributed by atoms with Crippen LogP contribution in [0.2, 0.25) is 0 Å². The first-order chi connectivity index (χ1) is 14.8. The van der Waals surface area contributed by atoms with Gasteiger partial charge in [-0.15, -0.1) is 0 Å². The molecule has 2 amide bonds. The molecule has 3 heterocycles. The molecule has 0 aliphatic heterocycles. The number of benzene rings is 1. The Hall–Kier alpha value is -3.94. The van der Waals surface area contributed by atoms with Gasteiger partial charge in [-0.3, -0.25) is 14.3 Å². The van der Waals surface area contributed by atoms with Crippen molar-refractivity contribution in [2.75, 3.05) is 10.6 Å². The summed E-state index contributed by atoms with van der Waals surface area (Å²) in [4.78, 5) is 29.9. The number of hydrogen-bond acceptors (Lipinski definition) is 5. The molecule has 0 saturated heterocycles. The van der Waals surface area contributed by atoms with Crippen molar-refractivity contribution < 1.29 is 14.0 Å². The number of rotatable bonds is 5. The number of aryl methyl sites for hydroxylation is 2. The van der Waals surface area contributed by atoms with Crippen molar-refractivity contribution in [3.05, 3.63) is 60.0 Å². The molecule has 3 aromatic heterocycles. The van der Waals surface area contributed by atoms with Crippen molar-refractivity contribution in [3.8, 4) is 11.5 Å². The smallest absolute Gasteiger partial charge is 0.256 e. The van der Waals surface area contributed by atoms with Crippen LogP contribution in [-0.2, 0) is 11.8 Å². The minimum atomic E-state index is -0.302. The van der Waals surface area contributed by atoms with E-state index in [4.69, 9.17) is 4.42 Å². The summed E-state index contributed by atoms with van der Waals surface area (Å²) < 4.78 is 7.12. The van der Waals surface area contributed by atoms with Gasteiger partial charge in [0.15, 0.2) is 11.4 Å². The van der Waals surface area contributed by atoms with E-state index in [2.05, 4.69) is 20.7 Å². The number of nitrogens with one attached hydrogen (secondary N) is 2. The van der Waals surface area contributed by atoms with E-state index in [0.29, 0.717) is 45.1 Å². The lowest BCUT2D eigenvalue weighted by molar-refractivity contribution is -0.118. The summed E-state index contributed by atoms with van der Waals surface area (Å²) >= 11 is 0. The van der Waals surface area contributed by atoms with Gasteiger partial charge in [0.25, 0.3) is 5.91 Å². The summed E-state index contributed by atoms with van der Waals surface area (Å²) in [5.74, 6) is 0.0298. The van der Waals surface area contributed by atoms with E-state index in [1.807, 2.05) is 20.8 Å². The molecule has 0 unspecified atom stereocenters. The van der Waals surface area contributed by atoms with Gasteiger partial charge in [0.1, 0.15) is 5.69 Å². The van der Waals surface area contributed by atoms with E-state index >= 15 is 0 Å². The molecule has 2 N–H and O–H groups in total. The van der Waals surface area contributed by atoms with Gasteiger partial charge < -0.3 is 15.1 Å². The normalized spacial score (nSPS) is 11.1. The lowest BCUT2D eigenvalue weighted by Gasteiger charge is -2.11. The molecule has 0 fully saturated rings. The van der Waals surface area contributed by atoms with Gasteiger partial charge in [-0.05, 0) is 43.3 Å². The zero-order valence-electron chi connectivity index (χ0n) is 17.8. The van der Waals surface area contributed by atoms with Crippen molar-refractivity contribution in [1.29, 1.82) is 0 Å². The summed E-state index contributed by atoms with van der Waals surface area (Å²) in [7, 11) is 1.79. The van der Waals surface area contributed by atoms with Crippen LogP contribution >= 0.6 is 0 Å². The molecule has 158 valence electrons. The van der Waals surface area contributed by atoms with E-state index in [9.17, 15) is 9.59 Å². The number of amides is 2. The third-order valence-electron chi connectivity index (χ3n) is 4.90. The fraction of sp³-hybridized carbons (Fsp3) is 0.217. The summed E-state index contributed by atoms with van der Waals surface area (Å²) in [5, 5.41) is 10.9. The minimum Gasteiger partial charge on any atom is -0.463 e. The van der Waals surface area contributed by atoms with E-state index in [1.165, 1.54) is 0 Å². The highest BCUT2D eigenvalue weighted by Gasteiger charge is 2.20. The van der Waals surface area contributed by atoms with Gasteiger partial charge >= 0.3 is 0 Å². The molecule has 8 nitrogen and oxygen atoms in total. The molecule has 4 rings (SSSR count). The van der Waals surface area contributed by atoms with Crippen LogP contribution in [0.5, 0.6) is 0 Å². The van der Waals surface area contributed by atoms with Crippen molar-refractivity contribution in [3.63, 3.8) is 0 Å². The summed E-state index contributed by atoms with van der Waals surface area (Å²) in [6.07, 6.45) is 1.56. The van der Waals surface area contributed by atoms with Crippen LogP contribution in [0.4, 0.5) is 11.4 Å². The van der Waals surface area contributed by atoms with Crippen LogP contribution in [0, 0.1) is 12.8 Å². The number of carbonyl (C=O) groups excluding carboxylic acids is 2. The predicted molar refractivity (Wildman–Crippen MR) is 119 cm³/mol. The molecule has 0 atom stereocenters. The Morgan fingerprint density at radius 2 is 1.81 bits per heavy atom. The van der Waals surface area contributed by atoms with Gasteiger partial charge in [-0.1, -0.05) is 19.9 Å². The fourth-order valence-electron chi connectivity index (χ4n) is 3.33. The first kappa shape index (κ1) is 20.3. The molecule has 8 heteroatoms. The average Bonchev–Trinajstić information content (AvgIpc) is 3.36. The standard InChI is InChI=1S/C23H23N5O3/c1-13(2)22(29)24-15-7-5-8-16(11-15)25-23(30)17-12-18(19-9-6-10-31-19)26-21-20(17)14(3)27-28(21)4/h5-13H,1-4H3,(H,24,29)(H,25,30). The molecule has 0 radical (unpaired) electrons. The Balaban J connectivity index is 1.70. The van der Waals surface area contributed by atoms with E-state index < -0.39 is 0 Å². The molecule has 0 spiro atoms. The predicted octanol–water partition coefficient (Wildman–Crippen LogP) is 4.38. The number of aromatic nitrogens is 3. The molecule has 31 heavy (non-hydrogen) atoms. The Bertz CT molecular complexity index is 1270. The van der Waals surface area contributed by atoms with Crippen LogP contribution in [0.1, 0.15) is 29.9 Å². The van der Waals surface area contributed by atoms with Crippen LogP contribution in [0.25, 0.3) is 22.5 Å². The average molecular weight is 417 g/mol. The minimum absolute atomic E-state index is 0.0895. The Kier molecular flexibility index (Phi) is 5.29. The molecular weight excluding hydrogens is 394 g/mol. The summed E-state index contributed by atoms with van der Waals surface area (Å²) in [6.45, 7) is 5.49. The fourth-order valence-corrected chi connectivity index (χ4v) is 3.33. The lowest BCUT2D eigenvalue weighted by Crippen LogP contribution is -2.18. The first-order valence-electron chi connectivity index (χ1n) is 9.94. The SMILES string of the molecule is Cc1nn(C)c2nc(-c3ccco3)cc(C(=O)Nc3cccc(NC(=O)C(C)C)c3)c12. The second-order valence-electron chi connectivity index (χ2n) is 7.62. The van der Waals surface area contributed by atoms with Gasteiger partial charge in [-0.2, -0.15) is 5.10 Å². The van der Waals surface area contributed by atoms with Gasteiger partial charge in [0.05, 0.1) is 22.9 Å². The van der Waals surface area contributed by atoms with E-state index in [0.717, 1.165) is 0 Å². The highest BCUT2D eigenvalue weighted by molar-refractivity contribution is 6.13. The maximum atomic E-state index is 13.3. The molecular formula is C23H23N5O3. The van der Waals surface area contributed by atoms with Crippen molar-refractivity contribution in [2.24, 2.45) is 13.0 Å². The van der Waals surface area contributed by atoms with Crippen LogP contribution in [0.3, 0.4) is 0 Å². The number of pyridine rings is 1. The monoisotopic (exact) mass is 417 g/mol. The highest BCUT2D eigenvalue weighted by atomic mass is 16.3. The van der Waals surface area contributed by atoms with Crippen molar-refractivity contribution in [2.45, 2.75) is 20.8 Å². The quantitative estimate of drug-likeness (QED) is 0.502. The Morgan fingerprint density at radius 3 is 2.48 bits per heavy atom. The van der Waals surface area contributed by atoms with Gasteiger partial charge in [-0.25, -0.2) is 4.98 Å². The van der Waals surface area contributed by atoms with Crippen LogP contribution in [-0.4, -0.2) is 26.6 Å². The lowest BCUT2D eigenvalue weighted by atomic mass is 10.1. The second kappa shape index (κ2) is 8.06. The number of nitrogens with zero attached hydrogens (tertiary/aromatic N) is 3. The number of anilines is 2. The first-order valence-corrected chi connectivity index (χ1v) is 9.94. The van der Waals surface area contributed by atoms with Gasteiger partial charge in [0.2, 0.25) is 5.91 Å². The number of hydrogen-bond donors (Lipinski definition) is 2. The maximum absolute atomic E-state index is 13.3. The number of fused-ring (bicyclic) bond motifs is 1. The third kappa shape index (κ3) is 4.05. The zero-order valence-corrected chi connectivity index (χ0v) is 17.8. The molecule has 0 aliphatic carbocycles. The number of carbonyl (C=O) groups is 2. The Labute approximate surface area is 179 Å².